The summed E-state index contributed by atoms with van der Waals surface area (Å²) in [6.45, 7) is 1.85. The summed E-state index contributed by atoms with van der Waals surface area (Å²) in [4.78, 5) is 1.24. The molecule has 0 radical (unpaired) electrons. The van der Waals surface area contributed by atoms with Gasteiger partial charge in [0, 0.05) is 11.6 Å². The van der Waals surface area contributed by atoms with E-state index < -0.39 is 0 Å². The molecule has 0 aliphatic heterocycles. The first kappa shape index (κ1) is 8.96. The molecule has 2 rings (SSSR count). The van der Waals surface area contributed by atoms with Gasteiger partial charge in [0.25, 0.3) is 0 Å². The van der Waals surface area contributed by atoms with Crippen LogP contribution in [0.4, 0.5) is 0 Å². The minimum atomic E-state index is -0.232. The molecule has 0 saturated heterocycles. The van der Waals surface area contributed by atoms with Crippen molar-refractivity contribution in [2.45, 2.75) is 6.92 Å². The smallest absolute Gasteiger partial charge is 0.246 e. The van der Waals surface area contributed by atoms with Gasteiger partial charge in [-0.1, -0.05) is 22.8 Å². The molecule has 0 unspecified atom stereocenters. The first-order valence-corrected chi connectivity index (χ1v) is 4.29. The van der Waals surface area contributed by atoms with Gasteiger partial charge in [-0.15, -0.1) is 0 Å². The lowest BCUT2D eigenvalue weighted by Crippen LogP contribution is -2.40. The van der Waals surface area contributed by atoms with Crippen molar-refractivity contribution >= 4 is 11.6 Å². The SMILES string of the molecule is Cc1c(Cl)cccc1-[n+]1noc(=N)[n-]1. The number of nitrogens with one attached hydrogen (secondary N) is 1. The normalized spacial score (nSPS) is 10.4. The van der Waals surface area contributed by atoms with Crippen LogP contribution in [0.15, 0.2) is 22.7 Å². The van der Waals surface area contributed by atoms with Crippen molar-refractivity contribution in [3.63, 3.8) is 0 Å². The highest BCUT2D eigenvalue weighted by atomic mass is 35.5. The fourth-order valence-electron chi connectivity index (χ4n) is 1.11. The van der Waals surface area contributed by atoms with Crippen LogP contribution < -0.4 is 15.6 Å². The van der Waals surface area contributed by atoms with Crippen molar-refractivity contribution in [1.82, 2.24) is 10.4 Å². The average Bonchev–Trinajstić information content (AvgIpc) is 2.57. The molecule has 0 amide bonds. The monoisotopic (exact) mass is 210 g/mol. The minimum Gasteiger partial charge on any atom is -0.376 e. The van der Waals surface area contributed by atoms with E-state index in [1.165, 1.54) is 4.80 Å². The Morgan fingerprint density at radius 3 is 3.00 bits per heavy atom. The molecular formula is C8H7ClN4O. The number of nitrogens with zero attached hydrogens (tertiary/aromatic N) is 3. The Balaban J connectivity index is 2.62. The van der Waals surface area contributed by atoms with Crippen molar-refractivity contribution in [3.8, 4) is 5.69 Å². The van der Waals surface area contributed by atoms with Crippen molar-refractivity contribution in [2.75, 3.05) is 0 Å². The van der Waals surface area contributed by atoms with Crippen LogP contribution in [-0.4, -0.2) is 5.27 Å². The van der Waals surface area contributed by atoms with Crippen LogP contribution in [0, 0.1) is 12.3 Å². The molecule has 14 heavy (non-hydrogen) atoms. The Morgan fingerprint density at radius 1 is 1.57 bits per heavy atom. The van der Waals surface area contributed by atoms with Gasteiger partial charge >= 0.3 is 0 Å². The van der Waals surface area contributed by atoms with Crippen LogP contribution in [0.3, 0.4) is 0 Å². The van der Waals surface area contributed by atoms with Gasteiger partial charge in [0.05, 0.1) is 10.3 Å². The van der Waals surface area contributed by atoms with Crippen LogP contribution >= 0.6 is 11.6 Å². The lowest BCUT2D eigenvalue weighted by Gasteiger charge is -1.97. The van der Waals surface area contributed by atoms with Gasteiger partial charge < -0.3 is 9.93 Å². The van der Waals surface area contributed by atoms with Gasteiger partial charge in [0.1, 0.15) is 0 Å². The zero-order valence-corrected chi connectivity index (χ0v) is 8.12. The van der Waals surface area contributed by atoms with E-state index in [-0.39, 0.29) is 5.68 Å². The second-order valence-electron chi connectivity index (χ2n) is 2.75. The molecule has 72 valence electrons. The van der Waals surface area contributed by atoms with E-state index in [2.05, 4.69) is 14.9 Å². The minimum absolute atomic E-state index is 0.232. The molecule has 0 spiro atoms. The summed E-state index contributed by atoms with van der Waals surface area (Å²) in [5.41, 5.74) is 1.32. The quantitative estimate of drug-likeness (QED) is 0.691. The first-order chi connectivity index (χ1) is 6.68. The highest BCUT2D eigenvalue weighted by Gasteiger charge is 2.12. The van der Waals surface area contributed by atoms with Crippen molar-refractivity contribution in [1.29, 1.82) is 5.41 Å². The summed E-state index contributed by atoms with van der Waals surface area (Å²) >= 11 is 5.92. The Hall–Kier alpha value is -1.62. The maximum Gasteiger partial charge on any atom is 0.246 e. The third-order valence-electron chi connectivity index (χ3n) is 1.84. The number of hydrogen-bond acceptors (Lipinski definition) is 3. The molecule has 0 aliphatic carbocycles. The fourth-order valence-corrected chi connectivity index (χ4v) is 1.28. The van der Waals surface area contributed by atoms with E-state index >= 15 is 0 Å². The van der Waals surface area contributed by atoms with Crippen LogP contribution in [0.1, 0.15) is 5.56 Å². The van der Waals surface area contributed by atoms with Gasteiger partial charge in [-0.25, -0.2) is 0 Å². The topological polar surface area (TPSA) is 67.9 Å². The average molecular weight is 211 g/mol. The largest absolute Gasteiger partial charge is 0.376 e. The summed E-state index contributed by atoms with van der Waals surface area (Å²) in [5, 5.41) is 15.0. The van der Waals surface area contributed by atoms with E-state index in [0.29, 0.717) is 10.7 Å². The van der Waals surface area contributed by atoms with Gasteiger partial charge in [0.15, 0.2) is 0 Å². The molecule has 6 heteroatoms. The molecule has 0 saturated carbocycles. The lowest BCUT2D eigenvalue weighted by molar-refractivity contribution is -0.730. The lowest BCUT2D eigenvalue weighted by atomic mass is 10.2. The van der Waals surface area contributed by atoms with Crippen LogP contribution in [0.25, 0.3) is 5.69 Å². The summed E-state index contributed by atoms with van der Waals surface area (Å²) in [6, 6.07) is 5.37. The molecule has 2 aromatic rings. The van der Waals surface area contributed by atoms with Gasteiger partial charge in [-0.2, -0.15) is 0 Å². The van der Waals surface area contributed by atoms with E-state index in [9.17, 15) is 0 Å². The summed E-state index contributed by atoms with van der Waals surface area (Å²) in [7, 11) is 0. The molecule has 1 aromatic carbocycles. The third kappa shape index (κ3) is 1.42. The molecule has 5 nitrogen and oxygen atoms in total. The predicted molar refractivity (Wildman–Crippen MR) is 47.0 cm³/mol. The standard InChI is InChI=1S/C8H7ClN4O/c1-5-6(9)3-2-4-7(5)13-11-8(10)14-12-13/h2-4,10H,1H3. The second-order valence-corrected chi connectivity index (χ2v) is 3.16. The van der Waals surface area contributed by atoms with Crippen molar-refractivity contribution < 1.29 is 9.32 Å². The number of aromatic nitrogens is 3. The van der Waals surface area contributed by atoms with Crippen LogP contribution in [0.2, 0.25) is 5.02 Å². The van der Waals surface area contributed by atoms with Gasteiger partial charge in [-0.3, -0.25) is 0 Å². The third-order valence-corrected chi connectivity index (χ3v) is 2.25. The van der Waals surface area contributed by atoms with Gasteiger partial charge in [-0.05, 0) is 17.8 Å². The summed E-state index contributed by atoms with van der Waals surface area (Å²) in [6.07, 6.45) is 0. The van der Waals surface area contributed by atoms with E-state index in [1.807, 2.05) is 6.92 Å². The maximum absolute atomic E-state index is 7.10. The number of rotatable bonds is 1. The zero-order valence-electron chi connectivity index (χ0n) is 7.36. The van der Waals surface area contributed by atoms with E-state index in [0.717, 1.165) is 5.56 Å². The van der Waals surface area contributed by atoms with E-state index in [1.54, 1.807) is 18.2 Å². The summed E-state index contributed by atoms with van der Waals surface area (Å²) in [5.74, 6) is 0. The Morgan fingerprint density at radius 2 is 2.36 bits per heavy atom. The van der Waals surface area contributed by atoms with Crippen molar-refractivity contribution in [2.24, 2.45) is 0 Å². The van der Waals surface area contributed by atoms with Crippen LogP contribution in [0.5, 0.6) is 0 Å². The first-order valence-electron chi connectivity index (χ1n) is 3.92. The number of benzene rings is 1. The highest BCUT2D eigenvalue weighted by molar-refractivity contribution is 6.31. The molecule has 0 fully saturated rings. The summed E-state index contributed by atoms with van der Waals surface area (Å²) < 4.78 is 4.54. The Bertz CT molecular complexity index is 516. The van der Waals surface area contributed by atoms with E-state index in [4.69, 9.17) is 17.0 Å². The predicted octanol–water partition coefficient (Wildman–Crippen LogP) is 0.350. The molecular weight excluding hydrogens is 204 g/mol. The Labute approximate surface area is 84.4 Å². The highest BCUT2D eigenvalue weighted by Crippen LogP contribution is 2.17. The maximum atomic E-state index is 7.10. The van der Waals surface area contributed by atoms with Crippen molar-refractivity contribution in [3.05, 3.63) is 34.5 Å². The molecule has 0 atom stereocenters. The molecule has 1 heterocycles. The molecule has 1 aromatic heterocycles. The molecule has 0 bridgehead atoms. The number of halogens is 1. The molecule has 0 aliphatic rings. The van der Waals surface area contributed by atoms with Gasteiger partial charge in [0.2, 0.25) is 11.4 Å². The van der Waals surface area contributed by atoms with Crippen LogP contribution in [-0.2, 0) is 0 Å². The molecule has 1 N–H and O–H groups in total. The Kier molecular flexibility index (Phi) is 2.09. The zero-order chi connectivity index (χ0) is 10.1. The fraction of sp³-hybridized carbons (Fsp3) is 0.125. The second kappa shape index (κ2) is 3.26. The number of hydrogen-bond donors (Lipinski definition) is 1.